The zero-order valence-corrected chi connectivity index (χ0v) is 20.4. The third-order valence-electron chi connectivity index (χ3n) is 6.01. The molecule has 0 saturated carbocycles. The number of methoxy groups -OCH3 is 2. The minimum Gasteiger partial charge on any atom is -0.497 e. The minimum atomic E-state index is -0.412. The second-order valence-corrected chi connectivity index (χ2v) is 8.26. The molecule has 8 nitrogen and oxygen atoms in total. The van der Waals surface area contributed by atoms with Crippen LogP contribution in [0, 0.1) is 0 Å². The Hall–Kier alpha value is -3.91. The molecular weight excluding hydrogens is 442 g/mol. The van der Waals surface area contributed by atoms with Crippen molar-refractivity contribution in [2.75, 3.05) is 57.2 Å². The minimum absolute atomic E-state index is 0.412. The lowest BCUT2D eigenvalue weighted by molar-refractivity contribution is 0.0600. The topological polar surface area (TPSA) is 79.8 Å². The second-order valence-electron chi connectivity index (χ2n) is 8.26. The third-order valence-corrected chi connectivity index (χ3v) is 6.01. The van der Waals surface area contributed by atoms with Gasteiger partial charge in [0.25, 0.3) is 0 Å². The number of hydrogen-bond donors (Lipinski definition) is 1. The number of carbonyl (C=O) groups is 1. The molecule has 182 valence electrons. The van der Waals surface area contributed by atoms with Crippen molar-refractivity contribution >= 4 is 35.4 Å². The molecule has 1 fully saturated rings. The smallest absolute Gasteiger partial charge is 0.338 e. The number of rotatable bonds is 8. The van der Waals surface area contributed by atoms with E-state index in [1.807, 2.05) is 24.3 Å². The molecule has 2 aromatic carbocycles. The van der Waals surface area contributed by atoms with Gasteiger partial charge < -0.3 is 24.6 Å². The largest absolute Gasteiger partial charge is 0.497 e. The zero-order chi connectivity index (χ0) is 24.6. The molecule has 0 unspecified atom stereocenters. The van der Waals surface area contributed by atoms with Gasteiger partial charge in [0.1, 0.15) is 5.75 Å². The van der Waals surface area contributed by atoms with Gasteiger partial charge in [-0.25, -0.2) is 14.8 Å². The molecule has 3 aromatic rings. The maximum atomic E-state index is 11.9. The summed E-state index contributed by atoms with van der Waals surface area (Å²) >= 11 is 0. The number of nitrogens with one attached hydrogen (secondary N) is 1. The first-order valence-electron chi connectivity index (χ1n) is 11.7. The van der Waals surface area contributed by atoms with Gasteiger partial charge in [-0.05, 0) is 48.5 Å². The summed E-state index contributed by atoms with van der Waals surface area (Å²) in [5.74, 6) is 0.701. The summed E-state index contributed by atoms with van der Waals surface area (Å²) in [5.41, 5.74) is 4.23. The molecule has 35 heavy (non-hydrogen) atoms. The summed E-state index contributed by atoms with van der Waals surface area (Å²) in [4.78, 5) is 25.7. The van der Waals surface area contributed by atoms with Gasteiger partial charge in [-0.15, -0.1) is 0 Å². The summed E-state index contributed by atoms with van der Waals surface area (Å²) < 4.78 is 10.1. The molecule has 1 aliphatic rings. The van der Waals surface area contributed by atoms with Gasteiger partial charge in [0.2, 0.25) is 5.95 Å². The highest BCUT2D eigenvalue weighted by Gasteiger charge is 2.16. The van der Waals surface area contributed by atoms with Crippen LogP contribution in [0.4, 0.5) is 17.3 Å². The number of likely N-dealkylation sites (N-methyl/N-ethyl adjacent to an activating group) is 1. The number of nitrogens with zero attached hydrogens (tertiary/aromatic N) is 4. The molecule has 1 saturated heterocycles. The highest BCUT2D eigenvalue weighted by atomic mass is 16.5. The van der Waals surface area contributed by atoms with E-state index in [9.17, 15) is 4.79 Å². The van der Waals surface area contributed by atoms with E-state index in [4.69, 9.17) is 9.47 Å². The fraction of sp³-hybridized carbons (Fsp3) is 0.296. The standard InChI is InChI=1S/C27H31N5O3/c1-4-31-10-12-32(13-11-31)24-7-5-6-23(17-24)30-27-28-18-21(19-29-27)9-8-20-14-22(26(33)35-3)16-25(15-20)34-2/h5-9,14-19H,4,10-13H2,1-3H3,(H,28,29,30). The summed E-state index contributed by atoms with van der Waals surface area (Å²) in [7, 11) is 2.92. The predicted molar refractivity (Wildman–Crippen MR) is 139 cm³/mol. The van der Waals surface area contributed by atoms with Crippen molar-refractivity contribution in [3.63, 3.8) is 0 Å². The number of aromatic nitrogens is 2. The van der Waals surface area contributed by atoms with E-state index in [-0.39, 0.29) is 0 Å². The van der Waals surface area contributed by atoms with Gasteiger partial charge in [-0.3, -0.25) is 0 Å². The molecule has 0 spiro atoms. The van der Waals surface area contributed by atoms with E-state index in [1.54, 1.807) is 31.6 Å². The first-order chi connectivity index (χ1) is 17.1. The van der Waals surface area contributed by atoms with Crippen LogP contribution in [-0.2, 0) is 4.74 Å². The summed E-state index contributed by atoms with van der Waals surface area (Å²) in [5, 5.41) is 3.29. The molecule has 0 radical (unpaired) electrons. The number of carbonyl (C=O) groups excluding carboxylic acids is 1. The monoisotopic (exact) mass is 473 g/mol. The Morgan fingerprint density at radius 2 is 1.74 bits per heavy atom. The van der Waals surface area contributed by atoms with Gasteiger partial charge in [0, 0.05) is 55.5 Å². The normalized spacial score (nSPS) is 14.2. The molecular formula is C27H31N5O3. The summed E-state index contributed by atoms with van der Waals surface area (Å²) in [6.45, 7) is 7.55. The SMILES string of the molecule is CCN1CCN(c2cccc(Nc3ncc(C=Cc4cc(OC)cc(C(=O)OC)c4)cn3)c2)CC1. The van der Waals surface area contributed by atoms with Crippen LogP contribution < -0.4 is 15.0 Å². The predicted octanol–water partition coefficient (Wildman–Crippen LogP) is 4.33. The average molecular weight is 474 g/mol. The highest BCUT2D eigenvalue weighted by molar-refractivity contribution is 5.91. The fourth-order valence-electron chi connectivity index (χ4n) is 3.98. The second kappa shape index (κ2) is 11.5. The number of esters is 1. The summed E-state index contributed by atoms with van der Waals surface area (Å²) in [6.07, 6.45) is 7.26. The molecule has 0 amide bonds. The highest BCUT2D eigenvalue weighted by Crippen LogP contribution is 2.23. The summed E-state index contributed by atoms with van der Waals surface area (Å²) in [6, 6.07) is 13.6. The number of benzene rings is 2. The third kappa shape index (κ3) is 6.36. The molecule has 8 heteroatoms. The Labute approximate surface area is 206 Å². The van der Waals surface area contributed by atoms with Crippen LogP contribution >= 0.6 is 0 Å². The first-order valence-corrected chi connectivity index (χ1v) is 11.7. The van der Waals surface area contributed by atoms with E-state index in [0.717, 1.165) is 49.5 Å². The van der Waals surface area contributed by atoms with Gasteiger partial charge in [-0.2, -0.15) is 0 Å². The van der Waals surface area contributed by atoms with Crippen molar-refractivity contribution in [3.8, 4) is 5.75 Å². The van der Waals surface area contributed by atoms with Crippen molar-refractivity contribution in [3.05, 3.63) is 71.5 Å². The first kappa shape index (κ1) is 24.2. The molecule has 1 aromatic heterocycles. The molecule has 4 rings (SSSR count). The van der Waals surface area contributed by atoms with Crippen LogP contribution in [0.15, 0.2) is 54.9 Å². The molecule has 1 N–H and O–H groups in total. The Kier molecular flexibility index (Phi) is 7.95. The van der Waals surface area contributed by atoms with E-state index in [2.05, 4.69) is 50.2 Å². The van der Waals surface area contributed by atoms with E-state index < -0.39 is 5.97 Å². The maximum Gasteiger partial charge on any atom is 0.338 e. The number of anilines is 3. The van der Waals surface area contributed by atoms with Crippen molar-refractivity contribution < 1.29 is 14.3 Å². The number of hydrogen-bond acceptors (Lipinski definition) is 8. The van der Waals surface area contributed by atoms with Crippen LogP contribution in [0.1, 0.15) is 28.4 Å². The van der Waals surface area contributed by atoms with Gasteiger partial charge in [-0.1, -0.05) is 25.1 Å². The molecule has 1 aliphatic heterocycles. The number of ether oxygens (including phenoxy) is 2. The van der Waals surface area contributed by atoms with Crippen molar-refractivity contribution in [1.29, 1.82) is 0 Å². The molecule has 2 heterocycles. The van der Waals surface area contributed by atoms with Crippen LogP contribution in [0.25, 0.3) is 12.2 Å². The van der Waals surface area contributed by atoms with Gasteiger partial charge in [0.15, 0.2) is 0 Å². The fourth-order valence-corrected chi connectivity index (χ4v) is 3.98. The number of piperazine rings is 1. The lowest BCUT2D eigenvalue weighted by atomic mass is 10.1. The lowest BCUT2D eigenvalue weighted by Gasteiger charge is -2.35. The molecule has 0 aliphatic carbocycles. The van der Waals surface area contributed by atoms with Gasteiger partial charge in [0.05, 0.1) is 19.8 Å². The van der Waals surface area contributed by atoms with Crippen LogP contribution in [0.2, 0.25) is 0 Å². The van der Waals surface area contributed by atoms with E-state index >= 15 is 0 Å². The molecule has 0 atom stereocenters. The van der Waals surface area contributed by atoms with E-state index in [1.165, 1.54) is 12.8 Å². The Morgan fingerprint density at radius 3 is 2.43 bits per heavy atom. The van der Waals surface area contributed by atoms with Crippen LogP contribution in [0.5, 0.6) is 5.75 Å². The zero-order valence-electron chi connectivity index (χ0n) is 20.4. The Balaban J connectivity index is 1.41. The van der Waals surface area contributed by atoms with E-state index in [0.29, 0.717) is 17.3 Å². The van der Waals surface area contributed by atoms with Crippen LogP contribution in [-0.4, -0.2) is 67.8 Å². The average Bonchev–Trinajstić information content (AvgIpc) is 2.92. The van der Waals surface area contributed by atoms with Gasteiger partial charge >= 0.3 is 5.97 Å². The molecule has 0 bridgehead atoms. The van der Waals surface area contributed by atoms with Crippen LogP contribution in [0.3, 0.4) is 0 Å². The van der Waals surface area contributed by atoms with Crippen molar-refractivity contribution in [2.45, 2.75) is 6.92 Å². The maximum absolute atomic E-state index is 11.9. The quantitative estimate of drug-likeness (QED) is 0.485. The Bertz CT molecular complexity index is 1170. The van der Waals surface area contributed by atoms with Crippen molar-refractivity contribution in [1.82, 2.24) is 14.9 Å². The Morgan fingerprint density at radius 1 is 1.00 bits per heavy atom. The van der Waals surface area contributed by atoms with Crippen molar-refractivity contribution in [2.24, 2.45) is 0 Å². The lowest BCUT2D eigenvalue weighted by Crippen LogP contribution is -2.46.